The lowest BCUT2D eigenvalue weighted by Crippen LogP contribution is -2.23. The van der Waals surface area contributed by atoms with Gasteiger partial charge in [0, 0.05) is 17.8 Å². The van der Waals surface area contributed by atoms with E-state index in [2.05, 4.69) is 25.9 Å². The van der Waals surface area contributed by atoms with Crippen molar-refractivity contribution < 1.29 is 0 Å². The third-order valence-electron chi connectivity index (χ3n) is 3.71. The Balaban J connectivity index is 2.31. The summed E-state index contributed by atoms with van der Waals surface area (Å²) in [4.78, 5) is 21.8. The maximum absolute atomic E-state index is 12.8. The maximum atomic E-state index is 12.8. The minimum Gasteiger partial charge on any atom is -0.381 e. The molecule has 0 bridgehead atoms. The molecule has 2 heterocycles. The molecule has 0 aliphatic rings. The fourth-order valence-corrected chi connectivity index (χ4v) is 2.78. The van der Waals surface area contributed by atoms with Crippen molar-refractivity contribution in [2.75, 3.05) is 5.73 Å². The minimum atomic E-state index is -0.101. The molecule has 3 aromatic rings. The highest BCUT2D eigenvalue weighted by atomic mass is 79.9. The minimum absolute atomic E-state index is 0.0582. The molecule has 1 aromatic carbocycles. The summed E-state index contributed by atoms with van der Waals surface area (Å²) < 4.78 is 2.10. The first-order valence-corrected chi connectivity index (χ1v) is 8.38. The first-order chi connectivity index (χ1) is 11.5. The summed E-state index contributed by atoms with van der Waals surface area (Å²) in [7, 11) is 0. The monoisotopic (exact) mass is 384 g/mol. The summed E-state index contributed by atoms with van der Waals surface area (Å²) in [5, 5.41) is 0. The van der Waals surface area contributed by atoms with Crippen molar-refractivity contribution in [3.05, 3.63) is 63.6 Å². The zero-order valence-corrected chi connectivity index (χ0v) is 15.0. The van der Waals surface area contributed by atoms with Gasteiger partial charge in [-0.05, 0) is 41.9 Å². The summed E-state index contributed by atoms with van der Waals surface area (Å²) in [6.07, 6.45) is 1.78. The molecule has 2 aromatic heterocycles. The van der Waals surface area contributed by atoms with E-state index < -0.39 is 0 Å². The van der Waals surface area contributed by atoms with Crippen molar-refractivity contribution in [2.24, 2.45) is 0 Å². The average Bonchev–Trinajstić information content (AvgIpc) is 2.58. The van der Waals surface area contributed by atoms with Crippen LogP contribution in [0.3, 0.4) is 0 Å². The van der Waals surface area contributed by atoms with Gasteiger partial charge < -0.3 is 10.3 Å². The molecule has 24 heavy (non-hydrogen) atoms. The fraction of sp³-hybridized carbons (Fsp3) is 0.167. The third-order valence-corrected chi connectivity index (χ3v) is 4.29. The molecule has 0 saturated heterocycles. The van der Waals surface area contributed by atoms with Crippen LogP contribution in [-0.2, 0) is 0 Å². The van der Waals surface area contributed by atoms with Gasteiger partial charge in [0.25, 0.3) is 5.56 Å². The lowest BCUT2D eigenvalue weighted by molar-refractivity contribution is 0.579. The summed E-state index contributed by atoms with van der Waals surface area (Å²) in [5.74, 6) is 0.290. The van der Waals surface area contributed by atoms with E-state index in [1.165, 1.54) is 0 Å². The van der Waals surface area contributed by atoms with E-state index in [1.54, 1.807) is 16.8 Å². The summed E-state index contributed by atoms with van der Waals surface area (Å²) in [6, 6.07) is 13.3. The van der Waals surface area contributed by atoms with Gasteiger partial charge in [0.15, 0.2) is 5.82 Å². The molecule has 0 amide bonds. The van der Waals surface area contributed by atoms with Crippen molar-refractivity contribution in [3.63, 3.8) is 0 Å². The SMILES string of the molecule is CC(C)n1cccc(-c2nc(Br)c(N)nc2-c2ccccc2)c1=O. The van der Waals surface area contributed by atoms with Gasteiger partial charge in [0.1, 0.15) is 10.3 Å². The smallest absolute Gasteiger partial charge is 0.260 e. The summed E-state index contributed by atoms with van der Waals surface area (Å²) in [5.41, 5.74) is 8.28. The highest BCUT2D eigenvalue weighted by Crippen LogP contribution is 2.30. The number of pyridine rings is 1. The van der Waals surface area contributed by atoms with Crippen LogP contribution in [-0.4, -0.2) is 14.5 Å². The van der Waals surface area contributed by atoms with Gasteiger partial charge in [-0.3, -0.25) is 4.79 Å². The molecule has 0 radical (unpaired) electrons. The molecule has 0 unspecified atom stereocenters. The zero-order valence-electron chi connectivity index (χ0n) is 13.4. The number of rotatable bonds is 3. The van der Waals surface area contributed by atoms with Gasteiger partial charge in [-0.15, -0.1) is 0 Å². The molecule has 5 nitrogen and oxygen atoms in total. The first kappa shape index (κ1) is 16.4. The topological polar surface area (TPSA) is 73.8 Å². The van der Waals surface area contributed by atoms with Gasteiger partial charge in [0.2, 0.25) is 0 Å². The molecular weight excluding hydrogens is 368 g/mol. The molecule has 0 saturated carbocycles. The van der Waals surface area contributed by atoms with Crippen LogP contribution >= 0.6 is 15.9 Å². The number of halogens is 1. The quantitative estimate of drug-likeness (QED) is 0.742. The largest absolute Gasteiger partial charge is 0.381 e. The average molecular weight is 385 g/mol. The van der Waals surface area contributed by atoms with Crippen LogP contribution in [0.2, 0.25) is 0 Å². The Bertz CT molecular complexity index is 935. The van der Waals surface area contributed by atoms with Crippen LogP contribution in [0.1, 0.15) is 19.9 Å². The van der Waals surface area contributed by atoms with Crippen LogP contribution in [0.15, 0.2) is 58.1 Å². The van der Waals surface area contributed by atoms with Crippen LogP contribution < -0.4 is 11.3 Å². The van der Waals surface area contributed by atoms with Crippen LogP contribution in [0.4, 0.5) is 5.82 Å². The summed E-state index contributed by atoms with van der Waals surface area (Å²) >= 11 is 3.31. The lowest BCUT2D eigenvalue weighted by atomic mass is 10.1. The molecule has 2 N–H and O–H groups in total. The van der Waals surface area contributed by atoms with E-state index in [0.29, 0.717) is 21.6 Å². The number of hydrogen-bond acceptors (Lipinski definition) is 4. The highest BCUT2D eigenvalue weighted by molar-refractivity contribution is 9.10. The standard InChI is InChI=1S/C18H17BrN4O/c1-11(2)23-10-6-9-13(18(23)24)15-14(12-7-4-3-5-8-12)22-17(20)16(19)21-15/h3-11H,1-2H3,(H2,20,22). The number of nitrogen functional groups attached to an aromatic ring is 1. The predicted octanol–water partition coefficient (Wildman–Crippen LogP) is 3.90. The van der Waals surface area contributed by atoms with E-state index >= 15 is 0 Å². The molecule has 6 heteroatoms. The molecular formula is C18H17BrN4O. The second-order valence-electron chi connectivity index (χ2n) is 5.69. The predicted molar refractivity (Wildman–Crippen MR) is 99.7 cm³/mol. The Morgan fingerprint density at radius 1 is 1.04 bits per heavy atom. The fourth-order valence-electron chi connectivity index (χ4n) is 2.51. The van der Waals surface area contributed by atoms with Crippen molar-refractivity contribution in [1.29, 1.82) is 0 Å². The maximum Gasteiger partial charge on any atom is 0.260 e. The number of nitrogens with two attached hydrogens (primary N) is 1. The highest BCUT2D eigenvalue weighted by Gasteiger charge is 2.18. The molecule has 122 valence electrons. The molecule has 0 atom stereocenters. The van der Waals surface area contributed by atoms with Crippen molar-refractivity contribution in [1.82, 2.24) is 14.5 Å². The van der Waals surface area contributed by atoms with Crippen LogP contribution in [0, 0.1) is 0 Å². The number of anilines is 1. The molecule has 3 rings (SSSR count). The molecule has 0 spiro atoms. The lowest BCUT2D eigenvalue weighted by Gasteiger charge is -2.14. The normalized spacial score (nSPS) is 11.0. The van der Waals surface area contributed by atoms with Crippen LogP contribution in [0.5, 0.6) is 0 Å². The first-order valence-electron chi connectivity index (χ1n) is 7.59. The number of aromatic nitrogens is 3. The van der Waals surface area contributed by atoms with Crippen molar-refractivity contribution in [2.45, 2.75) is 19.9 Å². The van der Waals surface area contributed by atoms with E-state index in [4.69, 9.17) is 5.73 Å². The van der Waals surface area contributed by atoms with E-state index in [1.807, 2.05) is 50.2 Å². The van der Waals surface area contributed by atoms with E-state index in [-0.39, 0.29) is 17.4 Å². The van der Waals surface area contributed by atoms with Gasteiger partial charge in [-0.2, -0.15) is 0 Å². The van der Waals surface area contributed by atoms with E-state index in [0.717, 1.165) is 5.56 Å². The second-order valence-corrected chi connectivity index (χ2v) is 6.44. The molecule has 0 aliphatic carbocycles. The number of hydrogen-bond donors (Lipinski definition) is 1. The summed E-state index contributed by atoms with van der Waals surface area (Å²) in [6.45, 7) is 3.93. The third kappa shape index (κ3) is 2.97. The Labute approximate surface area is 148 Å². The Morgan fingerprint density at radius 3 is 2.42 bits per heavy atom. The Kier molecular flexibility index (Phi) is 4.49. The van der Waals surface area contributed by atoms with Crippen molar-refractivity contribution >= 4 is 21.7 Å². The van der Waals surface area contributed by atoms with E-state index in [9.17, 15) is 4.79 Å². The Morgan fingerprint density at radius 2 is 1.75 bits per heavy atom. The van der Waals surface area contributed by atoms with Crippen molar-refractivity contribution in [3.8, 4) is 22.5 Å². The zero-order chi connectivity index (χ0) is 17.3. The van der Waals surface area contributed by atoms with Crippen LogP contribution in [0.25, 0.3) is 22.5 Å². The Hall–Kier alpha value is -2.47. The number of nitrogens with zero attached hydrogens (tertiary/aromatic N) is 3. The second kappa shape index (κ2) is 6.57. The van der Waals surface area contributed by atoms with Gasteiger partial charge in [-0.1, -0.05) is 30.3 Å². The number of benzene rings is 1. The van der Waals surface area contributed by atoms with Gasteiger partial charge in [-0.25, -0.2) is 9.97 Å². The molecule has 0 fully saturated rings. The van der Waals surface area contributed by atoms with Gasteiger partial charge >= 0.3 is 0 Å². The van der Waals surface area contributed by atoms with Gasteiger partial charge in [0.05, 0.1) is 11.3 Å². The molecule has 0 aliphatic heterocycles.